The molecule has 0 aromatic carbocycles. The number of carbonyl (C=O) groups is 1. The second-order valence-corrected chi connectivity index (χ2v) is 6.77. The van der Waals surface area contributed by atoms with E-state index in [1.165, 1.54) is 11.3 Å². The molecule has 0 saturated carbocycles. The van der Waals surface area contributed by atoms with Crippen molar-refractivity contribution in [2.45, 2.75) is 33.2 Å². The van der Waals surface area contributed by atoms with Gasteiger partial charge in [-0.1, -0.05) is 13.8 Å². The zero-order valence-corrected chi connectivity index (χ0v) is 12.7. The van der Waals surface area contributed by atoms with Crippen LogP contribution in [-0.4, -0.2) is 23.7 Å². The Morgan fingerprint density at radius 3 is 2.65 bits per heavy atom. The molecule has 0 aliphatic rings. The number of hydrogen-bond donors (Lipinski definition) is 2. The summed E-state index contributed by atoms with van der Waals surface area (Å²) < 4.78 is 0.992. The van der Waals surface area contributed by atoms with Crippen molar-refractivity contribution in [2.75, 3.05) is 6.61 Å². The normalized spacial score (nSPS) is 12.8. The lowest BCUT2D eigenvalue weighted by Gasteiger charge is -2.21. The molecule has 0 radical (unpaired) electrons. The summed E-state index contributed by atoms with van der Waals surface area (Å²) in [7, 11) is 0. The molecule has 0 bridgehead atoms. The molecule has 0 aliphatic carbocycles. The molecular formula is C12H18BrNO2S. The summed E-state index contributed by atoms with van der Waals surface area (Å²) in [5.74, 6) is 0.256. The van der Waals surface area contributed by atoms with Crippen LogP contribution in [0.5, 0.6) is 0 Å². The Kier molecular flexibility index (Phi) is 5.62. The third kappa shape index (κ3) is 4.08. The predicted molar refractivity (Wildman–Crippen MR) is 74.6 cm³/mol. The Hall–Kier alpha value is -0.390. The number of carbonyl (C=O) groups excluding carboxylic acids is 1. The number of rotatable bonds is 5. The first-order valence-electron chi connectivity index (χ1n) is 5.63. The summed E-state index contributed by atoms with van der Waals surface area (Å²) in [5.41, 5.74) is 1.07. The molecule has 0 aliphatic heterocycles. The van der Waals surface area contributed by atoms with Gasteiger partial charge in [0.2, 0.25) is 0 Å². The van der Waals surface area contributed by atoms with Crippen molar-refractivity contribution in [2.24, 2.45) is 5.92 Å². The van der Waals surface area contributed by atoms with Crippen molar-refractivity contribution in [1.29, 1.82) is 0 Å². The molecule has 0 fully saturated rings. The molecule has 5 heteroatoms. The number of thiophene rings is 1. The third-order valence-corrected chi connectivity index (χ3v) is 4.78. The number of aliphatic hydroxyl groups is 1. The van der Waals surface area contributed by atoms with Gasteiger partial charge in [0.05, 0.1) is 8.66 Å². The van der Waals surface area contributed by atoms with Crippen LogP contribution in [0.3, 0.4) is 0 Å². The lowest BCUT2D eigenvalue weighted by molar-refractivity contribution is 0.0920. The SMILES string of the molecule is Cc1cc(C(=O)NC(CCO)C(C)C)sc1Br. The number of aliphatic hydroxyl groups excluding tert-OH is 1. The molecule has 1 aromatic heterocycles. The van der Waals surface area contributed by atoms with Crippen molar-refractivity contribution in [3.8, 4) is 0 Å². The maximum Gasteiger partial charge on any atom is 0.261 e. The molecule has 1 heterocycles. The zero-order chi connectivity index (χ0) is 13.0. The van der Waals surface area contributed by atoms with Crippen molar-refractivity contribution in [3.05, 3.63) is 20.3 Å². The van der Waals surface area contributed by atoms with Crippen LogP contribution in [-0.2, 0) is 0 Å². The zero-order valence-electron chi connectivity index (χ0n) is 10.3. The van der Waals surface area contributed by atoms with Crippen LogP contribution in [0, 0.1) is 12.8 Å². The molecule has 0 spiro atoms. The van der Waals surface area contributed by atoms with Gasteiger partial charge in [0.1, 0.15) is 0 Å². The molecular weight excluding hydrogens is 302 g/mol. The van der Waals surface area contributed by atoms with Crippen molar-refractivity contribution in [1.82, 2.24) is 5.32 Å². The van der Waals surface area contributed by atoms with Crippen LogP contribution in [0.2, 0.25) is 0 Å². The fourth-order valence-corrected chi connectivity index (χ4v) is 2.96. The van der Waals surface area contributed by atoms with E-state index in [0.29, 0.717) is 17.2 Å². The minimum atomic E-state index is -0.0593. The number of hydrogen-bond acceptors (Lipinski definition) is 3. The van der Waals surface area contributed by atoms with E-state index in [9.17, 15) is 4.79 Å². The molecule has 3 nitrogen and oxygen atoms in total. The van der Waals surface area contributed by atoms with Crippen LogP contribution in [0.15, 0.2) is 9.85 Å². The first kappa shape index (κ1) is 14.7. The Labute approximate surface area is 114 Å². The Balaban J connectivity index is 2.70. The second kappa shape index (κ2) is 6.52. The topological polar surface area (TPSA) is 49.3 Å². The summed E-state index contributed by atoms with van der Waals surface area (Å²) >= 11 is 4.85. The Bertz CT molecular complexity index is 370. The summed E-state index contributed by atoms with van der Waals surface area (Å²) in [4.78, 5) is 12.7. The third-order valence-electron chi connectivity index (χ3n) is 2.64. The Morgan fingerprint density at radius 2 is 2.24 bits per heavy atom. The highest BCUT2D eigenvalue weighted by molar-refractivity contribution is 9.11. The van der Waals surface area contributed by atoms with Gasteiger partial charge >= 0.3 is 0 Å². The van der Waals surface area contributed by atoms with Crippen LogP contribution in [0.1, 0.15) is 35.5 Å². The standard InChI is InChI=1S/C12H18BrNO2S/c1-7(2)9(4-5-15)14-12(16)10-6-8(3)11(13)17-10/h6-7,9,15H,4-5H2,1-3H3,(H,14,16). The summed E-state index contributed by atoms with van der Waals surface area (Å²) in [6.07, 6.45) is 0.592. The van der Waals surface area contributed by atoms with Crippen molar-refractivity contribution >= 4 is 33.2 Å². The summed E-state index contributed by atoms with van der Waals surface area (Å²) in [6.45, 7) is 6.13. The van der Waals surface area contributed by atoms with Gasteiger partial charge in [-0.05, 0) is 46.8 Å². The predicted octanol–water partition coefficient (Wildman–Crippen LogP) is 2.96. The molecule has 1 rings (SSSR count). The number of amides is 1. The highest BCUT2D eigenvalue weighted by atomic mass is 79.9. The Morgan fingerprint density at radius 1 is 1.59 bits per heavy atom. The number of nitrogens with one attached hydrogen (secondary N) is 1. The molecule has 1 aromatic rings. The van der Waals surface area contributed by atoms with E-state index in [1.54, 1.807) is 0 Å². The van der Waals surface area contributed by atoms with Crippen molar-refractivity contribution in [3.63, 3.8) is 0 Å². The largest absolute Gasteiger partial charge is 0.396 e. The fraction of sp³-hybridized carbons (Fsp3) is 0.583. The molecule has 0 saturated heterocycles. The molecule has 1 unspecified atom stereocenters. The average Bonchev–Trinajstić information content (AvgIpc) is 2.58. The minimum Gasteiger partial charge on any atom is -0.396 e. The van der Waals surface area contributed by atoms with Crippen LogP contribution in [0.4, 0.5) is 0 Å². The van der Waals surface area contributed by atoms with E-state index in [1.807, 2.05) is 26.8 Å². The van der Waals surface area contributed by atoms with E-state index < -0.39 is 0 Å². The van der Waals surface area contributed by atoms with Gasteiger partial charge in [0, 0.05) is 12.6 Å². The van der Waals surface area contributed by atoms with Gasteiger partial charge in [0.15, 0.2) is 0 Å². The first-order chi connectivity index (χ1) is 7.95. The highest BCUT2D eigenvalue weighted by Gasteiger charge is 2.18. The minimum absolute atomic E-state index is 0.0219. The van der Waals surface area contributed by atoms with Gasteiger partial charge in [-0.3, -0.25) is 4.79 Å². The van der Waals surface area contributed by atoms with Gasteiger partial charge in [-0.2, -0.15) is 0 Å². The maximum absolute atomic E-state index is 12.0. The molecule has 1 atom stereocenters. The average molecular weight is 320 g/mol. The van der Waals surface area contributed by atoms with E-state index in [2.05, 4.69) is 21.2 Å². The van der Waals surface area contributed by atoms with E-state index >= 15 is 0 Å². The van der Waals surface area contributed by atoms with Gasteiger partial charge in [0.25, 0.3) is 5.91 Å². The van der Waals surface area contributed by atoms with Gasteiger partial charge in [-0.15, -0.1) is 11.3 Å². The van der Waals surface area contributed by atoms with Gasteiger partial charge in [-0.25, -0.2) is 0 Å². The maximum atomic E-state index is 12.0. The van der Waals surface area contributed by atoms with E-state index in [-0.39, 0.29) is 18.6 Å². The molecule has 96 valence electrons. The summed E-state index contributed by atoms with van der Waals surface area (Å²) in [5, 5.41) is 11.9. The molecule has 17 heavy (non-hydrogen) atoms. The van der Waals surface area contributed by atoms with Crippen LogP contribution in [0.25, 0.3) is 0 Å². The van der Waals surface area contributed by atoms with Gasteiger partial charge < -0.3 is 10.4 Å². The smallest absolute Gasteiger partial charge is 0.261 e. The monoisotopic (exact) mass is 319 g/mol. The number of aryl methyl sites for hydroxylation is 1. The summed E-state index contributed by atoms with van der Waals surface area (Å²) in [6, 6.07) is 1.90. The van der Waals surface area contributed by atoms with E-state index in [0.717, 1.165) is 9.35 Å². The molecule has 2 N–H and O–H groups in total. The van der Waals surface area contributed by atoms with E-state index in [4.69, 9.17) is 5.11 Å². The highest BCUT2D eigenvalue weighted by Crippen LogP contribution is 2.27. The second-order valence-electron chi connectivity index (χ2n) is 4.40. The van der Waals surface area contributed by atoms with Crippen LogP contribution >= 0.6 is 27.3 Å². The quantitative estimate of drug-likeness (QED) is 0.876. The fourth-order valence-electron chi connectivity index (χ4n) is 1.52. The number of halogens is 1. The van der Waals surface area contributed by atoms with Crippen molar-refractivity contribution < 1.29 is 9.90 Å². The first-order valence-corrected chi connectivity index (χ1v) is 7.24. The molecule has 1 amide bonds. The lowest BCUT2D eigenvalue weighted by Crippen LogP contribution is -2.38. The lowest BCUT2D eigenvalue weighted by atomic mass is 10.0. The van der Waals surface area contributed by atoms with Crippen LogP contribution < -0.4 is 5.32 Å².